The number of para-hydroxylation sites is 1. The highest BCUT2D eigenvalue weighted by Crippen LogP contribution is 2.08. The van der Waals surface area contributed by atoms with Gasteiger partial charge in [0.2, 0.25) is 0 Å². The molecule has 1 fully saturated rings. The number of rotatable bonds is 4. The Labute approximate surface area is 101 Å². The van der Waals surface area contributed by atoms with Crippen LogP contribution in [0.5, 0.6) is 0 Å². The van der Waals surface area contributed by atoms with Gasteiger partial charge in [-0.1, -0.05) is 18.2 Å². The number of hydrogen-bond donors (Lipinski definition) is 3. The summed E-state index contributed by atoms with van der Waals surface area (Å²) < 4.78 is 0. The summed E-state index contributed by atoms with van der Waals surface area (Å²) in [5.74, 6) is 0.0668. The fourth-order valence-electron chi connectivity index (χ4n) is 2.42. The molecule has 0 aliphatic carbocycles. The van der Waals surface area contributed by atoms with E-state index in [4.69, 9.17) is 5.11 Å². The predicted octanol–water partition coefficient (Wildman–Crippen LogP) is -0.335. The second-order valence-electron chi connectivity index (χ2n) is 4.43. The third-order valence-corrected chi connectivity index (χ3v) is 3.27. The van der Waals surface area contributed by atoms with Gasteiger partial charge in [-0.15, -0.1) is 0 Å². The van der Waals surface area contributed by atoms with Crippen LogP contribution in [-0.2, 0) is 4.79 Å². The second-order valence-corrected chi connectivity index (χ2v) is 4.43. The first kappa shape index (κ1) is 12.1. The maximum Gasteiger partial charge on any atom is 0.282 e. The highest BCUT2D eigenvalue weighted by molar-refractivity contribution is 5.93. The summed E-state index contributed by atoms with van der Waals surface area (Å²) in [6.45, 7) is 1.78. The monoisotopic (exact) mass is 235 g/mol. The van der Waals surface area contributed by atoms with Crippen molar-refractivity contribution in [1.29, 1.82) is 0 Å². The SMILES string of the molecule is O=C(Nc1ccccc1)C1CCC[NH+]1CCO. The van der Waals surface area contributed by atoms with Gasteiger partial charge < -0.3 is 15.3 Å². The minimum Gasteiger partial charge on any atom is -0.391 e. The molecule has 1 aliphatic heterocycles. The predicted molar refractivity (Wildman–Crippen MR) is 65.9 cm³/mol. The molecule has 1 aromatic carbocycles. The number of carbonyl (C=O) groups excluding carboxylic acids is 1. The first-order valence-corrected chi connectivity index (χ1v) is 6.12. The average molecular weight is 235 g/mol. The van der Waals surface area contributed by atoms with Gasteiger partial charge in [0.15, 0.2) is 6.04 Å². The van der Waals surface area contributed by atoms with Gasteiger partial charge in [0.05, 0.1) is 13.2 Å². The number of aliphatic hydroxyl groups excluding tert-OH is 1. The molecule has 4 heteroatoms. The number of nitrogens with one attached hydrogen (secondary N) is 2. The van der Waals surface area contributed by atoms with Crippen LogP contribution in [0.1, 0.15) is 12.8 Å². The molecule has 0 radical (unpaired) electrons. The van der Waals surface area contributed by atoms with Crippen molar-refractivity contribution in [3.05, 3.63) is 30.3 Å². The van der Waals surface area contributed by atoms with E-state index < -0.39 is 0 Å². The number of hydrogen-bond acceptors (Lipinski definition) is 2. The number of quaternary nitrogens is 1. The van der Waals surface area contributed by atoms with Crippen molar-refractivity contribution in [2.24, 2.45) is 0 Å². The van der Waals surface area contributed by atoms with E-state index in [9.17, 15) is 4.79 Å². The molecule has 92 valence electrons. The molecular weight excluding hydrogens is 216 g/mol. The molecule has 1 amide bonds. The molecule has 2 unspecified atom stereocenters. The van der Waals surface area contributed by atoms with Gasteiger partial charge in [-0.2, -0.15) is 0 Å². The van der Waals surface area contributed by atoms with Gasteiger partial charge in [-0.3, -0.25) is 4.79 Å². The molecule has 0 saturated carbocycles. The molecule has 2 atom stereocenters. The van der Waals surface area contributed by atoms with Gasteiger partial charge in [-0.25, -0.2) is 0 Å². The van der Waals surface area contributed by atoms with E-state index in [1.165, 1.54) is 4.90 Å². The Kier molecular flexibility index (Phi) is 4.12. The third-order valence-electron chi connectivity index (χ3n) is 3.27. The van der Waals surface area contributed by atoms with Crippen LogP contribution in [0.25, 0.3) is 0 Å². The summed E-state index contributed by atoms with van der Waals surface area (Å²) in [7, 11) is 0. The van der Waals surface area contributed by atoms with Crippen molar-refractivity contribution >= 4 is 11.6 Å². The minimum absolute atomic E-state index is 0.0117. The van der Waals surface area contributed by atoms with Crippen molar-refractivity contribution < 1.29 is 14.8 Å². The normalized spacial score (nSPS) is 23.6. The second kappa shape index (κ2) is 5.80. The molecule has 3 N–H and O–H groups in total. The van der Waals surface area contributed by atoms with E-state index in [0.29, 0.717) is 6.54 Å². The molecule has 1 saturated heterocycles. The lowest BCUT2D eigenvalue weighted by molar-refractivity contribution is -0.903. The van der Waals surface area contributed by atoms with E-state index in [1.807, 2.05) is 30.3 Å². The number of benzene rings is 1. The molecule has 1 aromatic rings. The number of amides is 1. The van der Waals surface area contributed by atoms with Gasteiger partial charge in [0.1, 0.15) is 6.54 Å². The zero-order valence-corrected chi connectivity index (χ0v) is 9.86. The first-order valence-electron chi connectivity index (χ1n) is 6.12. The highest BCUT2D eigenvalue weighted by atomic mass is 16.3. The lowest BCUT2D eigenvalue weighted by Crippen LogP contribution is -3.15. The van der Waals surface area contributed by atoms with Gasteiger partial charge >= 0.3 is 0 Å². The third kappa shape index (κ3) is 3.05. The van der Waals surface area contributed by atoms with Crippen molar-refractivity contribution in [1.82, 2.24) is 0 Å². The van der Waals surface area contributed by atoms with Gasteiger partial charge in [0, 0.05) is 18.5 Å². The van der Waals surface area contributed by atoms with Crippen LogP contribution in [0.3, 0.4) is 0 Å². The van der Waals surface area contributed by atoms with Crippen LogP contribution in [0, 0.1) is 0 Å². The van der Waals surface area contributed by atoms with Crippen LogP contribution < -0.4 is 10.2 Å². The van der Waals surface area contributed by atoms with Crippen LogP contribution in [0.4, 0.5) is 5.69 Å². The number of carbonyl (C=O) groups is 1. The molecule has 0 bridgehead atoms. The summed E-state index contributed by atoms with van der Waals surface area (Å²) in [6.07, 6.45) is 1.97. The van der Waals surface area contributed by atoms with E-state index in [1.54, 1.807) is 0 Å². The molecule has 1 heterocycles. The molecule has 4 nitrogen and oxygen atoms in total. The lowest BCUT2D eigenvalue weighted by atomic mass is 10.2. The van der Waals surface area contributed by atoms with Crippen molar-refractivity contribution in [3.63, 3.8) is 0 Å². The average Bonchev–Trinajstić information content (AvgIpc) is 2.79. The standard InChI is InChI=1S/C13H18N2O2/c16-10-9-15-8-4-7-12(15)13(17)14-11-5-2-1-3-6-11/h1-3,5-6,12,16H,4,7-10H2,(H,14,17)/p+1. The van der Waals surface area contributed by atoms with Gasteiger partial charge in [0.25, 0.3) is 5.91 Å². The Bertz CT molecular complexity index is 367. The Morgan fingerprint density at radius 3 is 2.88 bits per heavy atom. The maximum absolute atomic E-state index is 12.1. The van der Waals surface area contributed by atoms with Crippen LogP contribution in [0.15, 0.2) is 30.3 Å². The Hall–Kier alpha value is -1.39. The minimum atomic E-state index is -0.0117. The van der Waals surface area contributed by atoms with Crippen molar-refractivity contribution in [3.8, 4) is 0 Å². The fraction of sp³-hybridized carbons (Fsp3) is 0.462. The quantitative estimate of drug-likeness (QED) is 0.669. The topological polar surface area (TPSA) is 53.8 Å². The van der Waals surface area contributed by atoms with E-state index in [-0.39, 0.29) is 18.6 Å². The molecule has 2 rings (SSSR count). The zero-order valence-electron chi connectivity index (χ0n) is 9.86. The Balaban J connectivity index is 1.95. The number of likely N-dealkylation sites (tertiary alicyclic amines) is 1. The van der Waals surface area contributed by atoms with Crippen LogP contribution in [0.2, 0.25) is 0 Å². The molecule has 0 aromatic heterocycles. The highest BCUT2D eigenvalue weighted by Gasteiger charge is 2.34. The van der Waals surface area contributed by atoms with Crippen molar-refractivity contribution in [2.75, 3.05) is 25.0 Å². The smallest absolute Gasteiger partial charge is 0.282 e. The lowest BCUT2D eigenvalue weighted by Gasteiger charge is -2.19. The van der Waals surface area contributed by atoms with Crippen molar-refractivity contribution in [2.45, 2.75) is 18.9 Å². The molecule has 17 heavy (non-hydrogen) atoms. The maximum atomic E-state index is 12.1. The summed E-state index contributed by atoms with van der Waals surface area (Å²) in [5, 5.41) is 11.9. The first-order chi connectivity index (χ1) is 8.31. The van der Waals surface area contributed by atoms with E-state index in [2.05, 4.69) is 5.32 Å². The summed E-state index contributed by atoms with van der Waals surface area (Å²) in [4.78, 5) is 13.3. The largest absolute Gasteiger partial charge is 0.391 e. The van der Waals surface area contributed by atoms with Crippen LogP contribution in [-0.4, -0.2) is 36.8 Å². The molecule has 1 aliphatic rings. The summed E-state index contributed by atoms with van der Waals surface area (Å²) >= 11 is 0. The summed E-state index contributed by atoms with van der Waals surface area (Å²) in [6, 6.07) is 9.50. The van der Waals surface area contributed by atoms with E-state index >= 15 is 0 Å². The Morgan fingerprint density at radius 1 is 1.41 bits per heavy atom. The van der Waals surface area contributed by atoms with E-state index in [0.717, 1.165) is 25.1 Å². The van der Waals surface area contributed by atoms with Crippen LogP contribution >= 0.6 is 0 Å². The number of aliphatic hydroxyl groups is 1. The Morgan fingerprint density at radius 2 is 2.18 bits per heavy atom. The fourth-order valence-corrected chi connectivity index (χ4v) is 2.42. The molecule has 0 spiro atoms. The number of anilines is 1. The zero-order chi connectivity index (χ0) is 12.1. The summed E-state index contributed by atoms with van der Waals surface area (Å²) in [5.41, 5.74) is 0.841. The molecular formula is C13H19N2O2+. The van der Waals surface area contributed by atoms with Gasteiger partial charge in [-0.05, 0) is 12.1 Å².